The summed E-state index contributed by atoms with van der Waals surface area (Å²) >= 11 is 0. The normalized spacial score (nSPS) is 12.0. The molecule has 0 fully saturated rings. The summed E-state index contributed by atoms with van der Waals surface area (Å²) in [5.74, 6) is 3.92. The molecule has 0 aliphatic rings. The van der Waals surface area contributed by atoms with Crippen molar-refractivity contribution in [3.05, 3.63) is 156 Å². The number of aromatic nitrogens is 4. The average molecular weight is 637 g/mol. The molecule has 0 saturated carbocycles. The van der Waals surface area contributed by atoms with Crippen molar-refractivity contribution in [3.8, 4) is 11.5 Å². The van der Waals surface area contributed by atoms with Gasteiger partial charge in [0.2, 0.25) is 0 Å². The third-order valence-electron chi connectivity index (χ3n) is 8.66. The molecular weight excluding hydrogens is 592 g/mol. The molecule has 1 atom stereocenters. The quantitative estimate of drug-likeness (QED) is 0.167. The van der Waals surface area contributed by atoms with Crippen molar-refractivity contribution in [1.29, 1.82) is 0 Å². The van der Waals surface area contributed by atoms with Crippen LogP contribution in [0.5, 0.6) is 11.5 Å². The highest BCUT2D eigenvalue weighted by atomic mass is 16.5. The fourth-order valence-corrected chi connectivity index (χ4v) is 6.37. The van der Waals surface area contributed by atoms with Crippen LogP contribution in [0.2, 0.25) is 0 Å². The zero-order valence-electron chi connectivity index (χ0n) is 28.7. The third kappa shape index (κ3) is 7.13. The Kier molecular flexibility index (Phi) is 9.62. The number of hydrogen-bond acceptors (Lipinski definition) is 4. The summed E-state index contributed by atoms with van der Waals surface area (Å²) in [5, 5.41) is 0. The van der Waals surface area contributed by atoms with Crippen molar-refractivity contribution >= 4 is 22.1 Å². The van der Waals surface area contributed by atoms with Crippen LogP contribution in [0.25, 0.3) is 22.1 Å². The van der Waals surface area contributed by atoms with Gasteiger partial charge in [-0.3, -0.25) is 0 Å². The van der Waals surface area contributed by atoms with Gasteiger partial charge in [0, 0.05) is 18.4 Å². The smallest absolute Gasteiger partial charge is 0.119 e. The number of para-hydroxylation sites is 4. The Morgan fingerprint density at radius 3 is 1.83 bits per heavy atom. The average Bonchev–Trinajstić information content (AvgIpc) is 3.66. The first-order valence-electron chi connectivity index (χ1n) is 16.5. The molecule has 0 aliphatic carbocycles. The van der Waals surface area contributed by atoms with E-state index >= 15 is 0 Å². The Morgan fingerprint density at radius 2 is 1.17 bits per heavy atom. The molecular formula is C42H44N4O2. The van der Waals surface area contributed by atoms with Crippen LogP contribution in [-0.4, -0.2) is 33.3 Å². The first-order chi connectivity index (χ1) is 23.2. The molecule has 0 bridgehead atoms. The maximum Gasteiger partial charge on any atom is 0.119 e. The molecule has 7 rings (SSSR count). The zero-order valence-corrected chi connectivity index (χ0v) is 28.7. The van der Waals surface area contributed by atoms with E-state index in [9.17, 15) is 0 Å². The summed E-state index contributed by atoms with van der Waals surface area (Å²) in [6.45, 7) is 8.89. The van der Waals surface area contributed by atoms with Crippen LogP contribution in [0.15, 0.2) is 127 Å². The molecule has 0 amide bonds. The van der Waals surface area contributed by atoms with Gasteiger partial charge in [-0.25, -0.2) is 9.97 Å². The van der Waals surface area contributed by atoms with Crippen molar-refractivity contribution in [2.24, 2.45) is 0 Å². The number of nitrogens with zero attached hydrogens (tertiary/aromatic N) is 4. The second kappa shape index (κ2) is 14.2. The molecule has 6 heteroatoms. The Balaban J connectivity index is 0.000000170. The lowest BCUT2D eigenvalue weighted by atomic mass is 10.1. The van der Waals surface area contributed by atoms with Gasteiger partial charge in [-0.1, -0.05) is 78.9 Å². The van der Waals surface area contributed by atoms with E-state index in [4.69, 9.17) is 19.4 Å². The molecule has 5 aromatic carbocycles. The summed E-state index contributed by atoms with van der Waals surface area (Å²) in [5.41, 5.74) is 8.16. The second-order valence-electron chi connectivity index (χ2n) is 13.0. The molecule has 0 N–H and O–H groups in total. The topological polar surface area (TPSA) is 54.1 Å². The van der Waals surface area contributed by atoms with Crippen molar-refractivity contribution in [2.45, 2.75) is 52.1 Å². The minimum atomic E-state index is -0.00962. The number of methoxy groups -OCH3 is 2. The second-order valence-corrected chi connectivity index (χ2v) is 13.0. The van der Waals surface area contributed by atoms with Gasteiger partial charge < -0.3 is 18.6 Å². The molecule has 0 spiro atoms. The van der Waals surface area contributed by atoms with Crippen molar-refractivity contribution in [2.75, 3.05) is 14.2 Å². The first kappa shape index (κ1) is 32.6. The molecule has 0 radical (unpaired) electrons. The lowest BCUT2D eigenvalue weighted by Gasteiger charge is -2.24. The van der Waals surface area contributed by atoms with Crippen LogP contribution in [0.1, 0.15) is 62.1 Å². The fraction of sp³-hybridized carbons (Fsp3) is 0.238. The number of benzene rings is 5. The van der Waals surface area contributed by atoms with Crippen molar-refractivity contribution in [1.82, 2.24) is 19.1 Å². The number of fused-ring (bicyclic) bond motifs is 2. The van der Waals surface area contributed by atoms with Crippen LogP contribution in [-0.2, 0) is 18.4 Å². The molecule has 2 aromatic heterocycles. The predicted octanol–water partition coefficient (Wildman–Crippen LogP) is 9.64. The van der Waals surface area contributed by atoms with Crippen LogP contribution in [0.4, 0.5) is 0 Å². The van der Waals surface area contributed by atoms with Crippen LogP contribution in [0, 0.1) is 0 Å². The van der Waals surface area contributed by atoms with Gasteiger partial charge in [-0.05, 0) is 92.9 Å². The monoisotopic (exact) mass is 636 g/mol. The van der Waals surface area contributed by atoms with Gasteiger partial charge in [0.15, 0.2) is 0 Å². The van der Waals surface area contributed by atoms with E-state index in [1.165, 1.54) is 27.7 Å². The van der Waals surface area contributed by atoms with Crippen LogP contribution in [0.3, 0.4) is 0 Å². The molecule has 48 heavy (non-hydrogen) atoms. The number of imidazole rings is 2. The lowest BCUT2D eigenvalue weighted by Crippen LogP contribution is -2.24. The van der Waals surface area contributed by atoms with E-state index < -0.39 is 0 Å². The highest BCUT2D eigenvalue weighted by Gasteiger charge is 2.21. The number of ether oxygens (including phenoxy) is 2. The third-order valence-corrected chi connectivity index (χ3v) is 8.66. The summed E-state index contributed by atoms with van der Waals surface area (Å²) in [7, 11) is 3.39. The molecule has 0 aliphatic heterocycles. The Bertz CT molecular complexity index is 2100. The van der Waals surface area contributed by atoms with E-state index in [0.29, 0.717) is 0 Å². The van der Waals surface area contributed by atoms with E-state index in [0.717, 1.165) is 47.0 Å². The van der Waals surface area contributed by atoms with E-state index in [1.54, 1.807) is 14.2 Å². The summed E-state index contributed by atoms with van der Waals surface area (Å²) in [4.78, 5) is 9.78. The lowest BCUT2D eigenvalue weighted by molar-refractivity contribution is 0.396. The SMILES string of the molecule is COc1ccc(Cc2nc3ccccc3n2C(C)c2ccccc2)cc1.COc1cccc(Cc2nc3ccccc3n2C(C)(C)C)c1. The van der Waals surface area contributed by atoms with E-state index in [1.807, 2.05) is 36.4 Å². The zero-order chi connectivity index (χ0) is 33.7. The van der Waals surface area contributed by atoms with Gasteiger partial charge in [0.25, 0.3) is 0 Å². The molecule has 2 heterocycles. The maximum atomic E-state index is 5.32. The van der Waals surface area contributed by atoms with Gasteiger partial charge in [-0.2, -0.15) is 0 Å². The van der Waals surface area contributed by atoms with Crippen LogP contribution < -0.4 is 9.47 Å². The fourth-order valence-electron chi connectivity index (χ4n) is 6.37. The number of hydrogen-bond donors (Lipinski definition) is 0. The van der Waals surface area contributed by atoms with Gasteiger partial charge in [0.05, 0.1) is 42.3 Å². The van der Waals surface area contributed by atoms with E-state index in [2.05, 4.69) is 128 Å². The van der Waals surface area contributed by atoms with Crippen LogP contribution >= 0.6 is 0 Å². The van der Waals surface area contributed by atoms with Gasteiger partial charge in [-0.15, -0.1) is 0 Å². The van der Waals surface area contributed by atoms with Crippen molar-refractivity contribution in [3.63, 3.8) is 0 Å². The van der Waals surface area contributed by atoms with E-state index in [-0.39, 0.29) is 11.6 Å². The first-order valence-corrected chi connectivity index (χ1v) is 16.5. The molecule has 1 unspecified atom stereocenters. The standard InChI is InChI=1S/C23H22N2O.C19H22N2O/c1-17(19-8-4-3-5-9-19)25-22-11-7-6-10-21(22)24-23(25)16-18-12-14-20(26-2)15-13-18;1-19(2,3)21-17-11-6-5-10-16(17)20-18(21)13-14-8-7-9-15(12-14)22-4/h3-15,17H,16H2,1-2H3;5-12H,13H2,1-4H3. The van der Waals surface area contributed by atoms with Crippen molar-refractivity contribution < 1.29 is 9.47 Å². The van der Waals surface area contributed by atoms with Gasteiger partial charge in [0.1, 0.15) is 23.1 Å². The maximum absolute atomic E-state index is 5.32. The minimum absolute atomic E-state index is 0.00962. The highest BCUT2D eigenvalue weighted by Crippen LogP contribution is 2.29. The molecule has 6 nitrogen and oxygen atoms in total. The Hall–Kier alpha value is -5.36. The molecule has 7 aromatic rings. The molecule has 0 saturated heterocycles. The van der Waals surface area contributed by atoms with Gasteiger partial charge >= 0.3 is 0 Å². The summed E-state index contributed by atoms with van der Waals surface area (Å²) in [6, 6.07) is 43.9. The molecule has 244 valence electrons. The minimum Gasteiger partial charge on any atom is -0.497 e. The predicted molar refractivity (Wildman–Crippen MR) is 196 cm³/mol. The highest BCUT2D eigenvalue weighted by molar-refractivity contribution is 5.77. The number of rotatable bonds is 8. The Morgan fingerprint density at radius 1 is 0.583 bits per heavy atom. The summed E-state index contributed by atoms with van der Waals surface area (Å²) < 4.78 is 15.3. The Labute approximate surface area is 283 Å². The largest absolute Gasteiger partial charge is 0.497 e. The summed E-state index contributed by atoms with van der Waals surface area (Å²) in [6.07, 6.45) is 1.58.